The normalized spacial score (nSPS) is 16.2. The van der Waals surface area contributed by atoms with Crippen molar-refractivity contribution in [3.63, 3.8) is 0 Å². The largest absolute Gasteiger partial charge is 0.458 e. The first-order valence-electron chi connectivity index (χ1n) is 13.1. The lowest BCUT2D eigenvalue weighted by molar-refractivity contribution is -0.184. The van der Waals surface area contributed by atoms with Gasteiger partial charge in [-0.3, -0.25) is 19.3 Å². The lowest BCUT2D eigenvalue weighted by Gasteiger charge is -2.51. The molecule has 0 saturated carbocycles. The monoisotopic (exact) mass is 608 g/mol. The highest BCUT2D eigenvalue weighted by molar-refractivity contribution is 8.13. The van der Waals surface area contributed by atoms with Gasteiger partial charge in [0.1, 0.15) is 19.3 Å². The molecule has 11 heteroatoms. The van der Waals surface area contributed by atoms with Gasteiger partial charge in [-0.1, -0.05) is 114 Å². The highest BCUT2D eigenvalue weighted by Gasteiger charge is 2.65. The number of rotatable bonds is 12. The van der Waals surface area contributed by atoms with Gasteiger partial charge in [0.25, 0.3) is 0 Å². The SMILES string of the molecule is CC(=O)SC[C@@H]1[C@H](NC(=O)Cc2ccccc2)C(=O)N1C(Cl)(C(=O)OCc1ccccc1)C(=O)OCc1ccccc1. The molecule has 0 radical (unpaired) electrons. The van der Waals surface area contributed by atoms with Crippen LogP contribution in [0.25, 0.3) is 0 Å². The Hall–Kier alpha value is -4.15. The number of nitrogens with zero attached hydrogens (tertiary/aromatic N) is 1. The van der Waals surface area contributed by atoms with E-state index < -0.39 is 40.8 Å². The number of ether oxygens (including phenoxy) is 2. The van der Waals surface area contributed by atoms with E-state index in [0.717, 1.165) is 22.2 Å². The van der Waals surface area contributed by atoms with Crippen LogP contribution in [0.2, 0.25) is 0 Å². The second-order valence-electron chi connectivity index (χ2n) is 9.53. The van der Waals surface area contributed by atoms with Crippen LogP contribution in [-0.4, -0.2) is 56.6 Å². The second-order valence-corrected chi connectivity index (χ2v) is 11.3. The number of likely N-dealkylation sites (tertiary alicyclic amines) is 1. The molecular weight excluding hydrogens is 580 g/mol. The van der Waals surface area contributed by atoms with Gasteiger partial charge in [0.05, 0.1) is 12.5 Å². The number of hydrogen-bond acceptors (Lipinski definition) is 8. The Bertz CT molecular complexity index is 1370. The van der Waals surface area contributed by atoms with Crippen molar-refractivity contribution in [1.29, 1.82) is 0 Å². The molecule has 1 fully saturated rings. The van der Waals surface area contributed by atoms with Gasteiger partial charge in [-0.05, 0) is 16.7 Å². The Morgan fingerprint density at radius 3 is 1.71 bits per heavy atom. The molecular formula is C31H29ClN2O7S. The topological polar surface area (TPSA) is 119 Å². The lowest BCUT2D eigenvalue weighted by Crippen LogP contribution is -2.79. The zero-order valence-electron chi connectivity index (χ0n) is 22.7. The average Bonchev–Trinajstić information content (AvgIpc) is 3.00. The van der Waals surface area contributed by atoms with E-state index in [1.807, 2.05) is 6.07 Å². The van der Waals surface area contributed by atoms with E-state index >= 15 is 0 Å². The minimum absolute atomic E-state index is 0.00143. The van der Waals surface area contributed by atoms with Crippen molar-refractivity contribution in [3.8, 4) is 0 Å². The lowest BCUT2D eigenvalue weighted by atomic mass is 9.92. The Labute approximate surface area is 252 Å². The van der Waals surface area contributed by atoms with Crippen LogP contribution in [0.4, 0.5) is 0 Å². The van der Waals surface area contributed by atoms with Crippen molar-refractivity contribution in [2.45, 2.75) is 43.6 Å². The molecule has 0 aromatic heterocycles. The van der Waals surface area contributed by atoms with Crippen LogP contribution >= 0.6 is 23.4 Å². The predicted molar refractivity (Wildman–Crippen MR) is 157 cm³/mol. The summed E-state index contributed by atoms with van der Waals surface area (Å²) in [6, 6.07) is 24.3. The molecule has 0 bridgehead atoms. The minimum Gasteiger partial charge on any atom is -0.458 e. The molecule has 0 spiro atoms. The molecule has 2 amide bonds. The maximum Gasteiger partial charge on any atom is 0.360 e. The minimum atomic E-state index is -2.71. The summed E-state index contributed by atoms with van der Waals surface area (Å²) in [5.41, 5.74) is 1.99. The molecule has 1 saturated heterocycles. The van der Waals surface area contributed by atoms with Crippen LogP contribution in [-0.2, 0) is 53.1 Å². The van der Waals surface area contributed by atoms with E-state index in [1.54, 1.807) is 84.9 Å². The van der Waals surface area contributed by atoms with Crippen LogP contribution in [0.3, 0.4) is 0 Å². The molecule has 1 aliphatic rings. The average molecular weight is 609 g/mol. The van der Waals surface area contributed by atoms with Gasteiger partial charge in [0.15, 0.2) is 5.12 Å². The van der Waals surface area contributed by atoms with Crippen LogP contribution < -0.4 is 5.32 Å². The predicted octanol–water partition coefficient (Wildman–Crippen LogP) is 3.63. The summed E-state index contributed by atoms with van der Waals surface area (Å²) in [4.78, 5) is 63.4. The number of carbonyl (C=O) groups excluding carboxylic acids is 5. The van der Waals surface area contributed by atoms with Gasteiger partial charge < -0.3 is 14.8 Å². The number of nitrogens with one attached hydrogen (secondary N) is 1. The van der Waals surface area contributed by atoms with Gasteiger partial charge in [-0.25, -0.2) is 9.59 Å². The molecule has 9 nitrogen and oxygen atoms in total. The molecule has 3 aromatic rings. The van der Waals surface area contributed by atoms with E-state index in [9.17, 15) is 24.0 Å². The molecule has 218 valence electrons. The van der Waals surface area contributed by atoms with Gasteiger partial charge in [-0.15, -0.1) is 0 Å². The number of thioether (sulfide) groups is 1. The molecule has 3 aromatic carbocycles. The zero-order valence-corrected chi connectivity index (χ0v) is 24.3. The smallest absolute Gasteiger partial charge is 0.360 e. The van der Waals surface area contributed by atoms with Crippen LogP contribution in [0.1, 0.15) is 23.6 Å². The summed E-state index contributed by atoms with van der Waals surface area (Å²) >= 11 is 7.63. The Morgan fingerprint density at radius 2 is 1.26 bits per heavy atom. The Balaban J connectivity index is 1.58. The fraction of sp³-hybridized carbons (Fsp3) is 0.258. The van der Waals surface area contributed by atoms with Crippen molar-refractivity contribution < 1.29 is 33.4 Å². The van der Waals surface area contributed by atoms with Gasteiger partial charge in [0.2, 0.25) is 11.8 Å². The van der Waals surface area contributed by atoms with E-state index in [2.05, 4.69) is 5.32 Å². The number of alkyl halides is 1. The molecule has 1 N–H and O–H groups in total. The summed E-state index contributed by atoms with van der Waals surface area (Å²) in [6.07, 6.45) is 0.00143. The number of carbonyl (C=O) groups is 5. The molecule has 0 unspecified atom stereocenters. The third kappa shape index (κ3) is 7.37. The van der Waals surface area contributed by atoms with Crippen LogP contribution in [0, 0.1) is 0 Å². The number of benzene rings is 3. The number of esters is 2. The fourth-order valence-electron chi connectivity index (χ4n) is 4.38. The number of β-lactam (4-membered cyclic amide) rings is 1. The first-order chi connectivity index (χ1) is 20.2. The first kappa shape index (κ1) is 30.8. The zero-order chi connectivity index (χ0) is 30.1. The molecule has 42 heavy (non-hydrogen) atoms. The molecule has 1 aliphatic heterocycles. The third-order valence-electron chi connectivity index (χ3n) is 6.50. The number of amides is 2. The van der Waals surface area contributed by atoms with Gasteiger partial charge in [0, 0.05) is 12.7 Å². The third-order valence-corrected chi connectivity index (χ3v) is 7.91. The van der Waals surface area contributed by atoms with Crippen molar-refractivity contribution in [3.05, 3.63) is 108 Å². The van der Waals surface area contributed by atoms with E-state index in [0.29, 0.717) is 11.1 Å². The van der Waals surface area contributed by atoms with Crippen LogP contribution in [0.15, 0.2) is 91.0 Å². The summed E-state index contributed by atoms with van der Waals surface area (Å²) in [5, 5.41) is 2.40. The van der Waals surface area contributed by atoms with E-state index in [1.165, 1.54) is 6.92 Å². The molecule has 0 aliphatic carbocycles. The second kappa shape index (κ2) is 14.2. The first-order valence-corrected chi connectivity index (χ1v) is 14.5. The summed E-state index contributed by atoms with van der Waals surface area (Å²) in [7, 11) is 0. The Kier molecular flexibility index (Phi) is 10.4. The summed E-state index contributed by atoms with van der Waals surface area (Å²) in [5.74, 6) is -3.70. The highest BCUT2D eigenvalue weighted by Crippen LogP contribution is 2.37. The molecule has 4 rings (SSSR count). The standard InChI is InChI=1S/C31H29ClN2O7S/c1-21(35)42-20-25-27(33-26(36)17-22-11-5-2-6-12-22)28(37)34(25)31(32,29(38)40-18-23-13-7-3-8-14-23)30(39)41-19-24-15-9-4-10-16-24/h2-16,25,27H,17-20H2,1H3,(H,33,36)/t25-,27+/m1/s1. The summed E-state index contributed by atoms with van der Waals surface area (Å²) < 4.78 is 10.8. The number of hydrogen-bond donors (Lipinski definition) is 1. The molecule has 2 atom stereocenters. The van der Waals surface area contributed by atoms with Crippen molar-refractivity contribution >= 4 is 52.2 Å². The van der Waals surface area contributed by atoms with Gasteiger partial charge >= 0.3 is 16.9 Å². The van der Waals surface area contributed by atoms with Gasteiger partial charge in [-0.2, -0.15) is 0 Å². The highest BCUT2D eigenvalue weighted by atomic mass is 35.5. The fourth-order valence-corrected chi connectivity index (χ4v) is 5.44. The summed E-state index contributed by atoms with van der Waals surface area (Å²) in [6.45, 7) is 0.910. The van der Waals surface area contributed by atoms with Crippen molar-refractivity contribution in [1.82, 2.24) is 10.2 Å². The Morgan fingerprint density at radius 1 is 0.810 bits per heavy atom. The number of halogens is 1. The van der Waals surface area contributed by atoms with Crippen molar-refractivity contribution in [2.24, 2.45) is 0 Å². The van der Waals surface area contributed by atoms with E-state index in [4.69, 9.17) is 21.1 Å². The van der Waals surface area contributed by atoms with E-state index in [-0.39, 0.29) is 30.5 Å². The maximum absolute atomic E-state index is 13.5. The maximum atomic E-state index is 13.5. The van der Waals surface area contributed by atoms with Crippen molar-refractivity contribution in [2.75, 3.05) is 5.75 Å². The molecule has 1 heterocycles. The van der Waals surface area contributed by atoms with Crippen LogP contribution in [0.5, 0.6) is 0 Å². The quantitative estimate of drug-likeness (QED) is 0.109.